The van der Waals surface area contributed by atoms with Gasteiger partial charge in [0.15, 0.2) is 0 Å². The number of halogens is 28. The molecule has 0 radical (unpaired) electrons. The number of hydrogen-bond donors (Lipinski definition) is 5. The van der Waals surface area contributed by atoms with Crippen molar-refractivity contribution in [2.24, 2.45) is 0 Å². The first kappa shape index (κ1) is 113. The second kappa shape index (κ2) is 47.5. The summed E-state index contributed by atoms with van der Waals surface area (Å²) in [6, 6.07) is 56.7. The number of carbonyl (C=O) groups is 5. The first-order valence-corrected chi connectivity index (χ1v) is 43.3. The van der Waals surface area contributed by atoms with Gasteiger partial charge in [0.1, 0.15) is 92.3 Å². The van der Waals surface area contributed by atoms with Crippen molar-refractivity contribution in [2.45, 2.75) is 44.7 Å². The lowest BCUT2D eigenvalue weighted by atomic mass is 10.1. The van der Waals surface area contributed by atoms with Crippen LogP contribution in [0.4, 0.5) is 208 Å². The van der Waals surface area contributed by atoms with Crippen LogP contribution in [0, 0.1) is 89.5 Å². The second-order valence-corrected chi connectivity index (χ2v) is 32.3. The molecule has 15 nitrogen and oxygen atoms in total. The molecule has 150 heavy (non-hydrogen) atoms. The molecule has 5 N–H and O–H groups in total. The molecule has 0 saturated heterocycles. The summed E-state index contributed by atoms with van der Waals surface area (Å²) in [4.78, 5) is 66.8. The van der Waals surface area contributed by atoms with Crippen molar-refractivity contribution in [3.05, 3.63) is 446 Å². The van der Waals surface area contributed by atoms with Gasteiger partial charge in [0.25, 0.3) is 29.5 Å². The third-order valence-electron chi connectivity index (χ3n) is 22.1. The average molecular weight is 2110 g/mol. The highest BCUT2D eigenvalue weighted by Crippen LogP contribution is 2.46. The molecule has 0 saturated carbocycles. The van der Waals surface area contributed by atoms with Crippen LogP contribution >= 0.6 is 0 Å². The number of aryl methyl sites for hydroxylation is 2. The third-order valence-corrected chi connectivity index (χ3v) is 22.1. The van der Waals surface area contributed by atoms with E-state index in [0.29, 0.717) is 64.2 Å². The normalized spacial score (nSPS) is 11.3. The summed E-state index contributed by atoms with van der Waals surface area (Å²) in [5.41, 5.74) is -5.96. The summed E-state index contributed by atoms with van der Waals surface area (Å²) >= 11 is 0. The maximum absolute atomic E-state index is 14.0. The summed E-state index contributed by atoms with van der Waals surface area (Å²) in [5, 5.41) is 12.0. The first-order chi connectivity index (χ1) is 70.4. The number of hydrogen-bond acceptors (Lipinski definition) is 10. The molecule has 15 aromatic rings. The molecule has 15 rings (SSSR count). The van der Waals surface area contributed by atoms with E-state index in [1.54, 1.807) is 13.0 Å². The number of carbonyl (C=O) groups excluding carboxylic acids is 5. The molecule has 0 aliphatic heterocycles. The van der Waals surface area contributed by atoms with E-state index >= 15 is 0 Å². The van der Waals surface area contributed by atoms with Crippen LogP contribution in [0.3, 0.4) is 0 Å². The summed E-state index contributed by atoms with van der Waals surface area (Å²) in [7, 11) is 6.73. The highest BCUT2D eigenvalue weighted by Gasteiger charge is 2.41. The number of amides is 5. The molecule has 15 aromatic carbocycles. The van der Waals surface area contributed by atoms with Gasteiger partial charge >= 0.3 is 30.9 Å². The molecule has 0 bridgehead atoms. The fourth-order valence-corrected chi connectivity index (χ4v) is 14.5. The van der Waals surface area contributed by atoms with Crippen molar-refractivity contribution in [2.75, 3.05) is 86.3 Å². The van der Waals surface area contributed by atoms with E-state index in [4.69, 9.17) is 0 Å². The summed E-state index contributed by atoms with van der Waals surface area (Å²) in [6.45, 7) is 3.08. The van der Waals surface area contributed by atoms with E-state index < -0.39 is 198 Å². The summed E-state index contributed by atoms with van der Waals surface area (Å²) in [6.07, 6.45) is -23.4. The van der Waals surface area contributed by atoms with E-state index in [1.165, 1.54) is 204 Å². The first-order valence-electron chi connectivity index (χ1n) is 43.3. The van der Waals surface area contributed by atoms with Gasteiger partial charge < -0.3 is 51.1 Å². The van der Waals surface area contributed by atoms with Gasteiger partial charge in [-0.15, -0.1) is 0 Å². The Hall–Kier alpha value is -17.3. The van der Waals surface area contributed by atoms with E-state index in [0.717, 1.165) is 130 Å². The minimum Gasteiger partial charge on any atom is -0.344 e. The van der Waals surface area contributed by atoms with Crippen LogP contribution in [-0.4, -0.2) is 64.8 Å². The Balaban J connectivity index is 0.000000178. The topological polar surface area (TPSA) is 162 Å². The fraction of sp³-hybridized carbons (Fsp3) is 0.112. The monoisotopic (exact) mass is 2110 g/mol. The lowest BCUT2D eigenvalue weighted by Gasteiger charge is -2.24. The smallest absolute Gasteiger partial charge is 0.344 e. The van der Waals surface area contributed by atoms with Crippen LogP contribution in [-0.2, 0) is 30.9 Å². The highest BCUT2D eigenvalue weighted by atomic mass is 19.4. The van der Waals surface area contributed by atoms with Gasteiger partial charge in [-0.25, -0.2) is 57.1 Å². The van der Waals surface area contributed by atoms with Gasteiger partial charge in [0.2, 0.25) is 0 Å². The molecule has 0 aliphatic carbocycles. The molecular formula is C107H76F28N10O5. The Morgan fingerprint density at radius 1 is 0.207 bits per heavy atom. The van der Waals surface area contributed by atoms with E-state index in [2.05, 4.69) is 26.6 Å². The molecule has 0 aliphatic rings. The number of rotatable bonds is 20. The molecule has 0 aromatic heterocycles. The van der Waals surface area contributed by atoms with Crippen LogP contribution in [0.5, 0.6) is 0 Å². The van der Waals surface area contributed by atoms with E-state index in [-0.39, 0.29) is 56.6 Å². The van der Waals surface area contributed by atoms with Gasteiger partial charge in [0, 0.05) is 92.1 Å². The maximum Gasteiger partial charge on any atom is 0.418 e. The zero-order chi connectivity index (χ0) is 110. The third kappa shape index (κ3) is 28.7. The number of nitrogens with zero attached hydrogens (tertiary/aromatic N) is 5. The lowest BCUT2D eigenvalue weighted by Crippen LogP contribution is -2.18. The Kier molecular flexibility index (Phi) is 35.8. The van der Waals surface area contributed by atoms with Crippen LogP contribution in [0.15, 0.2) is 303 Å². The number of anilines is 15. The van der Waals surface area contributed by atoms with Crippen molar-refractivity contribution in [3.8, 4) is 0 Å². The van der Waals surface area contributed by atoms with Crippen molar-refractivity contribution in [1.29, 1.82) is 0 Å². The highest BCUT2D eigenvalue weighted by molar-refractivity contribution is 6.08. The van der Waals surface area contributed by atoms with Gasteiger partial charge in [-0.1, -0.05) is 36.4 Å². The predicted molar refractivity (Wildman–Crippen MR) is 511 cm³/mol. The molecule has 5 amide bonds. The van der Waals surface area contributed by atoms with Crippen molar-refractivity contribution in [1.82, 2.24) is 0 Å². The SMILES string of the molecule is CN(c1ccc(NC(=O)c2c(F)cccc2F)cc1)c1cc(F)ccc1C(F)(F)F.CN(c1ccc(NC(=O)c2c(F)cccc2F)cc1)c1cc(F)ccc1C(F)(F)F.CN(c1ccc(NC(=O)c2ccccc2F)cc1)c1cc(F)ccc1C(F)(F)F.Cc1cc(F)c(C(=O)Nc2ccc(N(C)c3cc(F)ccc3C(F)(F)F)cc2)c(F)c1.Cc1cccc(F)c1C(=O)Nc1ccc(N(C)c2cc(F)ccc2C(F)(F)F)cc1. The van der Waals surface area contributed by atoms with Crippen molar-refractivity contribution >= 4 is 115 Å². The summed E-state index contributed by atoms with van der Waals surface area (Å²) in [5.74, 6) is -15.9. The van der Waals surface area contributed by atoms with Gasteiger partial charge in [-0.05, 0) is 292 Å². The van der Waals surface area contributed by atoms with Crippen LogP contribution in [0.1, 0.15) is 90.7 Å². The van der Waals surface area contributed by atoms with Gasteiger partial charge in [0.05, 0.1) is 67.4 Å². The number of nitrogens with one attached hydrogen (secondary N) is 5. The lowest BCUT2D eigenvalue weighted by molar-refractivity contribution is -0.137. The molecular weight excluding hydrogens is 2040 g/mol. The van der Waals surface area contributed by atoms with Crippen molar-refractivity contribution in [3.63, 3.8) is 0 Å². The second-order valence-electron chi connectivity index (χ2n) is 32.3. The van der Waals surface area contributed by atoms with Crippen LogP contribution in [0.25, 0.3) is 0 Å². The number of alkyl halides is 15. The van der Waals surface area contributed by atoms with Crippen LogP contribution in [0.2, 0.25) is 0 Å². The molecule has 0 spiro atoms. The Bertz CT molecular complexity index is 6920. The Morgan fingerprint density at radius 3 is 0.620 bits per heavy atom. The largest absolute Gasteiger partial charge is 0.418 e. The molecule has 780 valence electrons. The predicted octanol–water partition coefficient (Wildman–Crippen LogP) is 31.1. The quantitative estimate of drug-likeness (QED) is 0.0465. The number of benzene rings is 15. The van der Waals surface area contributed by atoms with E-state index in [1.807, 2.05) is 0 Å². The standard InChI is InChI=1S/C22H16F6N2O.C22H17F5N2O.2C21H14F6N2O.C21H15F5N2O/c1-12-9-17(24)20(18(25)10-12)21(31)29-14-4-6-15(7-5-14)30(2)19-11-13(23)3-8-16(19)22(26,27)28;1-13-4-3-5-18(24)20(13)21(30)28-15-7-9-16(10-8-15)29(2)19-12-14(23)6-11-17(19)22(25,26)27;2*1-29(18-11-12(22)5-10-15(18)21(25,26)27)14-8-6-13(7-9-14)28-20(30)19-16(23)3-2-4-17(19)24;1-28(19-12-13(22)6-11-17(19)21(24,25)26)15-9-7-14(8-10-15)27-20(29)16-4-2-3-5-18(16)23/h3-11H,1-2H3,(H,29,31);3-12H,1-2H3,(H,28,30);2*2-11H,1H3,(H,28,30);2-12H,1H3,(H,27,29). The zero-order valence-corrected chi connectivity index (χ0v) is 78.2. The minimum absolute atomic E-state index is 0.0896. The molecule has 0 fully saturated rings. The Labute approximate surface area is 834 Å². The minimum atomic E-state index is -4.69. The summed E-state index contributed by atoms with van der Waals surface area (Å²) < 4.78 is 377. The van der Waals surface area contributed by atoms with Crippen molar-refractivity contribution < 1.29 is 147 Å². The van der Waals surface area contributed by atoms with Crippen LogP contribution < -0.4 is 51.1 Å². The molecule has 43 heteroatoms. The molecule has 0 heterocycles. The molecule has 0 atom stereocenters. The van der Waals surface area contributed by atoms with E-state index in [9.17, 15) is 147 Å². The fourth-order valence-electron chi connectivity index (χ4n) is 14.5. The Morgan fingerprint density at radius 2 is 0.400 bits per heavy atom. The zero-order valence-electron chi connectivity index (χ0n) is 78.2. The van der Waals surface area contributed by atoms with Gasteiger partial charge in [-0.3, -0.25) is 24.0 Å². The van der Waals surface area contributed by atoms with Gasteiger partial charge in [-0.2, -0.15) is 65.9 Å². The molecule has 0 unspecified atom stereocenters. The maximum atomic E-state index is 14.0. The average Bonchev–Trinajstić information content (AvgIpc) is 0.802.